The molecule has 0 radical (unpaired) electrons. The van der Waals surface area contributed by atoms with Crippen LogP contribution in [0.15, 0.2) is 24.3 Å². The number of anilines is 1. The van der Waals surface area contributed by atoms with Crippen molar-refractivity contribution in [1.82, 2.24) is 0 Å². The second kappa shape index (κ2) is 5.66. The topological polar surface area (TPSA) is 23.5 Å². The third kappa shape index (κ3) is 2.74. The molecule has 0 aliphatic heterocycles. The van der Waals surface area contributed by atoms with Gasteiger partial charge in [-0.2, -0.15) is 0 Å². The van der Waals surface area contributed by atoms with Gasteiger partial charge < -0.3 is 10.0 Å². The zero-order chi connectivity index (χ0) is 10.4. The first-order chi connectivity index (χ1) is 6.81. The van der Waals surface area contributed by atoms with Crippen LogP contribution in [-0.2, 0) is 6.61 Å². The number of benzene rings is 1. The number of aliphatic hydroxyl groups is 1. The molecule has 78 valence electrons. The summed E-state index contributed by atoms with van der Waals surface area (Å²) in [4.78, 5) is 2.33. The van der Waals surface area contributed by atoms with Crippen LogP contribution < -0.4 is 4.90 Å². The van der Waals surface area contributed by atoms with Crippen LogP contribution in [0.3, 0.4) is 0 Å². The van der Waals surface area contributed by atoms with E-state index in [1.807, 2.05) is 12.1 Å². The van der Waals surface area contributed by atoms with Crippen molar-refractivity contribution in [3.8, 4) is 0 Å². The van der Waals surface area contributed by atoms with Crippen molar-refractivity contribution in [3.05, 3.63) is 29.8 Å². The van der Waals surface area contributed by atoms with Crippen LogP contribution in [0.4, 0.5) is 5.69 Å². The molecule has 0 saturated carbocycles. The highest BCUT2D eigenvalue weighted by molar-refractivity contribution is 5.47. The minimum absolute atomic E-state index is 0.125. The van der Waals surface area contributed by atoms with Crippen molar-refractivity contribution in [1.29, 1.82) is 0 Å². The van der Waals surface area contributed by atoms with Crippen molar-refractivity contribution >= 4 is 5.69 Å². The van der Waals surface area contributed by atoms with Gasteiger partial charge in [-0.05, 0) is 31.0 Å². The number of aliphatic hydroxyl groups excluding tert-OH is 1. The highest BCUT2D eigenvalue weighted by atomic mass is 16.3. The molecule has 0 bridgehead atoms. The van der Waals surface area contributed by atoms with Crippen molar-refractivity contribution in [2.75, 3.05) is 18.0 Å². The van der Waals surface area contributed by atoms with Gasteiger partial charge in [-0.3, -0.25) is 0 Å². The number of hydrogen-bond donors (Lipinski definition) is 1. The Labute approximate surface area is 86.2 Å². The van der Waals surface area contributed by atoms with Gasteiger partial charge in [-0.1, -0.05) is 19.1 Å². The number of rotatable bonds is 5. The number of hydrogen-bond acceptors (Lipinski definition) is 2. The van der Waals surface area contributed by atoms with E-state index in [2.05, 4.69) is 30.9 Å². The van der Waals surface area contributed by atoms with Gasteiger partial charge >= 0.3 is 0 Å². The Morgan fingerprint density at radius 3 is 2.21 bits per heavy atom. The number of nitrogens with zero attached hydrogens (tertiary/aromatic N) is 1. The second-order valence-electron chi connectivity index (χ2n) is 3.40. The minimum Gasteiger partial charge on any atom is -0.392 e. The van der Waals surface area contributed by atoms with Gasteiger partial charge in [-0.15, -0.1) is 0 Å². The Morgan fingerprint density at radius 1 is 1.14 bits per heavy atom. The molecular formula is C12H19NO. The van der Waals surface area contributed by atoms with Crippen LogP contribution in [0, 0.1) is 0 Å². The predicted octanol–water partition coefficient (Wildman–Crippen LogP) is 2.42. The van der Waals surface area contributed by atoms with E-state index in [0.717, 1.165) is 25.1 Å². The molecule has 0 fully saturated rings. The standard InChI is InChI=1S/C12H19NO/c1-3-9-13(4-2)12-7-5-11(10-14)6-8-12/h5-8,14H,3-4,9-10H2,1-2H3. The monoisotopic (exact) mass is 193 g/mol. The quantitative estimate of drug-likeness (QED) is 0.776. The summed E-state index contributed by atoms with van der Waals surface area (Å²) in [5.41, 5.74) is 2.22. The molecule has 0 saturated heterocycles. The van der Waals surface area contributed by atoms with Gasteiger partial charge in [0.1, 0.15) is 0 Å². The molecule has 0 heterocycles. The fourth-order valence-corrected chi connectivity index (χ4v) is 1.55. The lowest BCUT2D eigenvalue weighted by Crippen LogP contribution is -2.23. The largest absolute Gasteiger partial charge is 0.392 e. The third-order valence-corrected chi connectivity index (χ3v) is 2.36. The Morgan fingerprint density at radius 2 is 1.79 bits per heavy atom. The first-order valence-electron chi connectivity index (χ1n) is 5.26. The van der Waals surface area contributed by atoms with E-state index >= 15 is 0 Å². The average molecular weight is 193 g/mol. The summed E-state index contributed by atoms with van der Waals surface area (Å²) in [6.07, 6.45) is 1.16. The van der Waals surface area contributed by atoms with Gasteiger partial charge in [-0.25, -0.2) is 0 Å². The first-order valence-corrected chi connectivity index (χ1v) is 5.26. The van der Waals surface area contributed by atoms with Crippen molar-refractivity contribution in [2.24, 2.45) is 0 Å². The average Bonchev–Trinajstić information content (AvgIpc) is 2.26. The highest BCUT2D eigenvalue weighted by Gasteiger charge is 2.01. The molecule has 1 aromatic rings. The maximum absolute atomic E-state index is 8.91. The Hall–Kier alpha value is -1.02. The van der Waals surface area contributed by atoms with E-state index in [9.17, 15) is 0 Å². The van der Waals surface area contributed by atoms with Gasteiger partial charge in [0.15, 0.2) is 0 Å². The van der Waals surface area contributed by atoms with Gasteiger partial charge in [0, 0.05) is 18.8 Å². The molecule has 0 unspecified atom stereocenters. The van der Waals surface area contributed by atoms with Crippen LogP contribution in [0.1, 0.15) is 25.8 Å². The van der Waals surface area contributed by atoms with Crippen LogP contribution in [0.25, 0.3) is 0 Å². The fraction of sp³-hybridized carbons (Fsp3) is 0.500. The van der Waals surface area contributed by atoms with E-state index in [4.69, 9.17) is 5.11 Å². The van der Waals surface area contributed by atoms with Crippen LogP contribution >= 0.6 is 0 Å². The molecule has 2 nitrogen and oxygen atoms in total. The molecule has 1 aromatic carbocycles. The normalized spacial score (nSPS) is 10.2. The first kappa shape index (κ1) is 11.1. The smallest absolute Gasteiger partial charge is 0.0681 e. The van der Waals surface area contributed by atoms with Crippen molar-refractivity contribution in [2.45, 2.75) is 26.9 Å². The summed E-state index contributed by atoms with van der Waals surface area (Å²) >= 11 is 0. The molecular weight excluding hydrogens is 174 g/mol. The molecule has 1 N–H and O–H groups in total. The summed E-state index contributed by atoms with van der Waals surface area (Å²) < 4.78 is 0. The SMILES string of the molecule is CCCN(CC)c1ccc(CO)cc1. The zero-order valence-electron chi connectivity index (χ0n) is 9.03. The second-order valence-corrected chi connectivity index (χ2v) is 3.40. The molecule has 0 atom stereocenters. The summed E-state index contributed by atoms with van der Waals surface area (Å²) in [5.74, 6) is 0. The van der Waals surface area contributed by atoms with Crippen molar-refractivity contribution in [3.63, 3.8) is 0 Å². The molecule has 0 aliphatic rings. The van der Waals surface area contributed by atoms with E-state index in [1.54, 1.807) is 0 Å². The molecule has 0 spiro atoms. The highest BCUT2D eigenvalue weighted by Crippen LogP contribution is 2.15. The molecule has 14 heavy (non-hydrogen) atoms. The summed E-state index contributed by atoms with van der Waals surface area (Å²) in [7, 11) is 0. The van der Waals surface area contributed by atoms with Gasteiger partial charge in [0.05, 0.1) is 6.61 Å². The summed E-state index contributed by atoms with van der Waals surface area (Å²) in [6.45, 7) is 6.60. The maximum Gasteiger partial charge on any atom is 0.0681 e. The summed E-state index contributed by atoms with van der Waals surface area (Å²) in [5, 5.41) is 8.91. The lowest BCUT2D eigenvalue weighted by molar-refractivity contribution is 0.282. The minimum atomic E-state index is 0.125. The third-order valence-electron chi connectivity index (χ3n) is 2.36. The van der Waals surface area contributed by atoms with E-state index in [0.29, 0.717) is 0 Å². The molecule has 0 aliphatic carbocycles. The molecule has 1 rings (SSSR count). The molecule has 0 aromatic heterocycles. The Balaban J connectivity index is 2.73. The molecule has 2 heteroatoms. The Bertz CT molecular complexity index is 256. The predicted molar refractivity (Wildman–Crippen MR) is 60.5 cm³/mol. The molecule has 0 amide bonds. The maximum atomic E-state index is 8.91. The van der Waals surface area contributed by atoms with E-state index in [-0.39, 0.29) is 6.61 Å². The fourth-order valence-electron chi connectivity index (χ4n) is 1.55. The van der Waals surface area contributed by atoms with Crippen LogP contribution in [0.5, 0.6) is 0 Å². The lowest BCUT2D eigenvalue weighted by Gasteiger charge is -2.22. The van der Waals surface area contributed by atoms with E-state index < -0.39 is 0 Å². The van der Waals surface area contributed by atoms with Crippen LogP contribution in [-0.4, -0.2) is 18.2 Å². The van der Waals surface area contributed by atoms with E-state index in [1.165, 1.54) is 5.69 Å². The van der Waals surface area contributed by atoms with Crippen molar-refractivity contribution < 1.29 is 5.11 Å². The summed E-state index contributed by atoms with van der Waals surface area (Å²) in [6, 6.07) is 8.11. The van der Waals surface area contributed by atoms with Crippen LogP contribution in [0.2, 0.25) is 0 Å². The lowest BCUT2D eigenvalue weighted by atomic mass is 10.2. The van der Waals surface area contributed by atoms with Gasteiger partial charge in [0.2, 0.25) is 0 Å². The zero-order valence-corrected chi connectivity index (χ0v) is 9.03. The van der Waals surface area contributed by atoms with Gasteiger partial charge in [0.25, 0.3) is 0 Å². The Kier molecular flexibility index (Phi) is 4.47.